The van der Waals surface area contributed by atoms with Crippen molar-refractivity contribution in [2.45, 2.75) is 13.1 Å². The van der Waals surface area contributed by atoms with Gasteiger partial charge < -0.3 is 4.42 Å². The van der Waals surface area contributed by atoms with Crippen molar-refractivity contribution in [2.75, 3.05) is 7.05 Å². The lowest BCUT2D eigenvalue weighted by Gasteiger charge is -2.15. The highest BCUT2D eigenvalue weighted by Crippen LogP contribution is 2.24. The molecular formula is C17H14ClN5O5. The van der Waals surface area contributed by atoms with Crippen LogP contribution in [0.15, 0.2) is 46.9 Å². The van der Waals surface area contributed by atoms with Crippen LogP contribution in [0, 0.1) is 20.2 Å². The van der Waals surface area contributed by atoms with E-state index < -0.39 is 9.85 Å². The van der Waals surface area contributed by atoms with Crippen LogP contribution in [-0.4, -0.2) is 32.0 Å². The Labute approximate surface area is 163 Å². The zero-order chi connectivity index (χ0) is 20.3. The standard InChI is InChI=1S/C17H14ClN5O5/c1-21(9-12-8-14(23(26)27)6-7-15(12)18)10-16-19-20-17(28-16)11-2-4-13(5-3-11)22(24)25/h2-8H,9-10H2,1H3. The van der Waals surface area contributed by atoms with Gasteiger partial charge in [0.25, 0.3) is 11.4 Å². The molecule has 0 spiro atoms. The SMILES string of the molecule is CN(Cc1nnc(-c2ccc([N+](=O)[O-])cc2)o1)Cc1cc([N+](=O)[O-])ccc1Cl. The maximum Gasteiger partial charge on any atom is 0.269 e. The van der Waals surface area contributed by atoms with Gasteiger partial charge in [0, 0.05) is 41.4 Å². The minimum absolute atomic E-state index is 0.0305. The highest BCUT2D eigenvalue weighted by molar-refractivity contribution is 6.31. The monoisotopic (exact) mass is 403 g/mol. The van der Waals surface area contributed by atoms with Crippen molar-refractivity contribution in [1.29, 1.82) is 0 Å². The maximum absolute atomic E-state index is 10.9. The summed E-state index contributed by atoms with van der Waals surface area (Å²) < 4.78 is 5.60. The maximum atomic E-state index is 10.9. The predicted molar refractivity (Wildman–Crippen MR) is 99.7 cm³/mol. The molecule has 144 valence electrons. The molecule has 0 atom stereocenters. The molecule has 0 unspecified atom stereocenters. The lowest BCUT2D eigenvalue weighted by atomic mass is 10.2. The van der Waals surface area contributed by atoms with Crippen LogP contribution in [-0.2, 0) is 13.1 Å². The van der Waals surface area contributed by atoms with E-state index in [4.69, 9.17) is 16.0 Å². The number of nitro benzene ring substituents is 2. The van der Waals surface area contributed by atoms with Crippen LogP contribution >= 0.6 is 11.6 Å². The first-order chi connectivity index (χ1) is 13.3. The van der Waals surface area contributed by atoms with E-state index in [1.807, 2.05) is 4.90 Å². The number of aromatic nitrogens is 2. The minimum Gasteiger partial charge on any atom is -0.419 e. The quantitative estimate of drug-likeness (QED) is 0.429. The molecule has 0 amide bonds. The molecule has 0 bridgehead atoms. The Morgan fingerprint density at radius 2 is 1.64 bits per heavy atom. The molecule has 1 aromatic heterocycles. The molecule has 0 aliphatic rings. The van der Waals surface area contributed by atoms with Gasteiger partial charge in [-0.15, -0.1) is 10.2 Å². The summed E-state index contributed by atoms with van der Waals surface area (Å²) in [7, 11) is 1.78. The van der Waals surface area contributed by atoms with Crippen LogP contribution in [0.1, 0.15) is 11.5 Å². The Morgan fingerprint density at radius 3 is 2.29 bits per heavy atom. The number of hydrogen-bond donors (Lipinski definition) is 0. The fourth-order valence-corrected chi connectivity index (χ4v) is 2.71. The molecule has 0 saturated heterocycles. The molecule has 0 aliphatic carbocycles. The van der Waals surface area contributed by atoms with E-state index in [2.05, 4.69) is 10.2 Å². The van der Waals surface area contributed by atoms with Gasteiger partial charge >= 0.3 is 0 Å². The first kappa shape index (κ1) is 19.4. The van der Waals surface area contributed by atoms with Gasteiger partial charge in [-0.1, -0.05) is 11.6 Å². The number of nitrogens with zero attached hydrogens (tertiary/aromatic N) is 5. The molecule has 3 aromatic rings. The topological polar surface area (TPSA) is 128 Å². The van der Waals surface area contributed by atoms with E-state index in [-0.39, 0.29) is 17.3 Å². The highest BCUT2D eigenvalue weighted by atomic mass is 35.5. The second-order valence-electron chi connectivity index (χ2n) is 6.01. The van der Waals surface area contributed by atoms with Crippen molar-refractivity contribution in [2.24, 2.45) is 0 Å². The zero-order valence-electron chi connectivity index (χ0n) is 14.6. The van der Waals surface area contributed by atoms with Crippen LogP contribution in [0.2, 0.25) is 5.02 Å². The largest absolute Gasteiger partial charge is 0.419 e. The van der Waals surface area contributed by atoms with Gasteiger partial charge in [0.15, 0.2) is 0 Å². The fourth-order valence-electron chi connectivity index (χ4n) is 2.53. The number of halogens is 1. The van der Waals surface area contributed by atoms with Crippen LogP contribution in [0.3, 0.4) is 0 Å². The Kier molecular flexibility index (Phi) is 5.62. The van der Waals surface area contributed by atoms with E-state index in [1.165, 1.54) is 42.5 Å². The van der Waals surface area contributed by atoms with Crippen LogP contribution in [0.4, 0.5) is 11.4 Å². The third-order valence-electron chi connectivity index (χ3n) is 3.88. The highest BCUT2D eigenvalue weighted by Gasteiger charge is 2.15. The van der Waals surface area contributed by atoms with Crippen LogP contribution < -0.4 is 0 Å². The number of benzene rings is 2. The van der Waals surface area contributed by atoms with Crippen LogP contribution in [0.5, 0.6) is 0 Å². The molecule has 10 nitrogen and oxygen atoms in total. The molecule has 3 rings (SSSR count). The van der Waals surface area contributed by atoms with Gasteiger partial charge in [0.2, 0.25) is 11.8 Å². The molecule has 2 aromatic carbocycles. The Bertz CT molecular complexity index is 1020. The number of nitro groups is 2. The molecule has 0 aliphatic heterocycles. The first-order valence-electron chi connectivity index (χ1n) is 8.02. The summed E-state index contributed by atoms with van der Waals surface area (Å²) >= 11 is 6.12. The van der Waals surface area contributed by atoms with Gasteiger partial charge in [-0.3, -0.25) is 25.1 Å². The number of rotatable bonds is 7. The predicted octanol–water partition coefficient (Wildman–Crippen LogP) is 3.84. The molecule has 0 radical (unpaired) electrons. The molecule has 11 heteroatoms. The minimum atomic E-state index is -0.489. The smallest absolute Gasteiger partial charge is 0.269 e. The zero-order valence-corrected chi connectivity index (χ0v) is 15.4. The van der Waals surface area contributed by atoms with E-state index in [0.29, 0.717) is 35.1 Å². The van der Waals surface area contributed by atoms with Crippen LogP contribution in [0.25, 0.3) is 11.5 Å². The number of hydrogen-bond acceptors (Lipinski definition) is 8. The second kappa shape index (κ2) is 8.11. The molecular weight excluding hydrogens is 390 g/mol. The van der Waals surface area contributed by atoms with Gasteiger partial charge in [-0.2, -0.15) is 0 Å². The van der Waals surface area contributed by atoms with Crippen molar-refractivity contribution >= 4 is 23.0 Å². The van der Waals surface area contributed by atoms with Gasteiger partial charge in [0.05, 0.1) is 16.4 Å². The van der Waals surface area contributed by atoms with Gasteiger partial charge in [0.1, 0.15) is 0 Å². The summed E-state index contributed by atoms with van der Waals surface area (Å²) in [6.45, 7) is 0.634. The summed E-state index contributed by atoms with van der Waals surface area (Å²) in [4.78, 5) is 22.5. The lowest BCUT2D eigenvalue weighted by Crippen LogP contribution is -2.17. The Hall–Kier alpha value is -3.37. The summed E-state index contributed by atoms with van der Waals surface area (Å²) in [5.41, 5.74) is 1.10. The first-order valence-corrected chi connectivity index (χ1v) is 8.40. The lowest BCUT2D eigenvalue weighted by molar-refractivity contribution is -0.385. The van der Waals surface area contributed by atoms with E-state index in [0.717, 1.165) is 0 Å². The average molecular weight is 404 g/mol. The van der Waals surface area contributed by atoms with Gasteiger partial charge in [-0.25, -0.2) is 0 Å². The summed E-state index contributed by atoms with van der Waals surface area (Å²) in [5, 5.41) is 30.0. The third-order valence-corrected chi connectivity index (χ3v) is 4.25. The van der Waals surface area contributed by atoms with Crippen molar-refractivity contribution in [3.05, 3.63) is 79.2 Å². The van der Waals surface area contributed by atoms with Crippen molar-refractivity contribution in [1.82, 2.24) is 15.1 Å². The summed E-state index contributed by atoms with van der Waals surface area (Å²) in [6.07, 6.45) is 0. The third kappa shape index (κ3) is 4.48. The second-order valence-corrected chi connectivity index (χ2v) is 6.42. The van der Waals surface area contributed by atoms with E-state index >= 15 is 0 Å². The fraction of sp³-hybridized carbons (Fsp3) is 0.176. The Morgan fingerprint density at radius 1 is 1.00 bits per heavy atom. The molecule has 0 fully saturated rings. The summed E-state index contributed by atoms with van der Waals surface area (Å²) in [5.74, 6) is 0.573. The average Bonchev–Trinajstić information content (AvgIpc) is 3.11. The van der Waals surface area contributed by atoms with Gasteiger partial charge in [-0.05, 0) is 30.8 Å². The van der Waals surface area contributed by atoms with Crippen molar-refractivity contribution in [3.63, 3.8) is 0 Å². The molecule has 0 N–H and O–H groups in total. The normalized spacial score (nSPS) is 11.0. The number of non-ortho nitro benzene ring substituents is 2. The Balaban J connectivity index is 1.69. The molecule has 28 heavy (non-hydrogen) atoms. The summed E-state index contributed by atoms with van der Waals surface area (Å²) in [6, 6.07) is 10.0. The molecule has 0 saturated carbocycles. The van der Waals surface area contributed by atoms with E-state index in [9.17, 15) is 20.2 Å². The molecule has 1 heterocycles. The van der Waals surface area contributed by atoms with Crippen molar-refractivity contribution in [3.8, 4) is 11.5 Å². The van der Waals surface area contributed by atoms with Crippen molar-refractivity contribution < 1.29 is 14.3 Å². The van der Waals surface area contributed by atoms with E-state index in [1.54, 1.807) is 7.05 Å².